The Balaban J connectivity index is 2.03. The second kappa shape index (κ2) is 10.7. The van der Waals surface area contributed by atoms with Gasteiger partial charge in [0.15, 0.2) is 11.5 Å². The molecular weight excluding hydrogens is 384 g/mol. The van der Waals surface area contributed by atoms with E-state index in [1.165, 1.54) is 0 Å². The first-order valence-corrected chi connectivity index (χ1v) is 10.3. The van der Waals surface area contributed by atoms with Gasteiger partial charge < -0.3 is 24.5 Å². The number of carbonyl (C=O) groups is 2. The Morgan fingerprint density at radius 1 is 1.07 bits per heavy atom. The summed E-state index contributed by atoms with van der Waals surface area (Å²) in [6, 6.07) is 5.78. The van der Waals surface area contributed by atoms with Crippen molar-refractivity contribution in [2.75, 3.05) is 19.8 Å². The minimum atomic E-state index is -0.423. The van der Waals surface area contributed by atoms with E-state index in [0.717, 1.165) is 5.56 Å². The highest BCUT2D eigenvalue weighted by atomic mass is 16.5. The summed E-state index contributed by atoms with van der Waals surface area (Å²) in [7, 11) is 0. The minimum Gasteiger partial charge on any atom is -0.490 e. The summed E-state index contributed by atoms with van der Waals surface area (Å²) in [4.78, 5) is 27.9. The zero-order valence-electron chi connectivity index (χ0n) is 18.7. The number of esters is 1. The number of amides is 1. The molecule has 0 fully saturated rings. The Labute approximate surface area is 178 Å². The lowest BCUT2D eigenvalue weighted by atomic mass is 10.1. The van der Waals surface area contributed by atoms with Crippen molar-refractivity contribution in [3.63, 3.8) is 0 Å². The number of hydrogen-bond donors (Lipinski definition) is 2. The monoisotopic (exact) mass is 416 g/mol. The van der Waals surface area contributed by atoms with Crippen LogP contribution in [0.2, 0.25) is 0 Å². The van der Waals surface area contributed by atoms with E-state index in [2.05, 4.69) is 10.3 Å². The summed E-state index contributed by atoms with van der Waals surface area (Å²) in [6.45, 7) is 12.5. The number of benzene rings is 1. The highest BCUT2D eigenvalue weighted by molar-refractivity contribution is 6.00. The number of aromatic nitrogens is 1. The fourth-order valence-electron chi connectivity index (χ4n) is 3.22. The molecule has 7 nitrogen and oxygen atoms in total. The third-order valence-corrected chi connectivity index (χ3v) is 4.52. The average molecular weight is 417 g/mol. The third kappa shape index (κ3) is 5.78. The van der Waals surface area contributed by atoms with E-state index in [-0.39, 0.29) is 12.0 Å². The van der Waals surface area contributed by atoms with Gasteiger partial charge >= 0.3 is 5.97 Å². The zero-order valence-corrected chi connectivity index (χ0v) is 18.7. The molecule has 0 spiro atoms. The number of aryl methyl sites for hydroxylation is 1. The van der Waals surface area contributed by atoms with Gasteiger partial charge in [0.25, 0.3) is 5.91 Å². The molecule has 7 heteroatoms. The van der Waals surface area contributed by atoms with Crippen LogP contribution in [-0.4, -0.2) is 42.7 Å². The predicted octanol–water partition coefficient (Wildman–Crippen LogP) is 3.97. The largest absolute Gasteiger partial charge is 0.490 e. The summed E-state index contributed by atoms with van der Waals surface area (Å²) < 4.78 is 16.5. The summed E-state index contributed by atoms with van der Waals surface area (Å²) >= 11 is 0. The lowest BCUT2D eigenvalue weighted by molar-refractivity contribution is 0.0376. The average Bonchev–Trinajstić information content (AvgIpc) is 2.98. The van der Waals surface area contributed by atoms with Crippen molar-refractivity contribution >= 4 is 11.9 Å². The lowest BCUT2D eigenvalue weighted by Gasteiger charge is -2.12. The molecule has 2 rings (SSSR count). The predicted molar refractivity (Wildman–Crippen MR) is 116 cm³/mol. The third-order valence-electron chi connectivity index (χ3n) is 4.52. The molecule has 1 amide bonds. The van der Waals surface area contributed by atoms with Gasteiger partial charge in [0.2, 0.25) is 0 Å². The Morgan fingerprint density at radius 3 is 2.37 bits per heavy atom. The Kier molecular flexibility index (Phi) is 8.33. The number of aromatic amines is 1. The number of rotatable bonds is 10. The van der Waals surface area contributed by atoms with Crippen LogP contribution in [0, 0.1) is 13.8 Å². The molecule has 0 saturated heterocycles. The molecule has 164 valence electrons. The molecule has 0 aliphatic rings. The van der Waals surface area contributed by atoms with Crippen LogP contribution in [0.15, 0.2) is 18.2 Å². The number of ether oxygens (including phenoxy) is 3. The molecule has 1 aromatic carbocycles. The first-order valence-electron chi connectivity index (χ1n) is 10.3. The maximum absolute atomic E-state index is 12.6. The standard InChI is InChI=1S/C23H32N2O5/c1-7-28-18-10-9-17(13-19(18)29-8-2)11-12-24-22(26)21-15(5)20(16(6)25-21)23(27)30-14(3)4/h9-10,13-14,25H,7-8,11-12H2,1-6H3,(H,24,26). The maximum atomic E-state index is 12.6. The second-order valence-electron chi connectivity index (χ2n) is 7.23. The van der Waals surface area contributed by atoms with Crippen molar-refractivity contribution in [2.45, 2.75) is 54.1 Å². The lowest BCUT2D eigenvalue weighted by Crippen LogP contribution is -2.26. The van der Waals surface area contributed by atoms with Gasteiger partial charge in [0.05, 0.1) is 24.9 Å². The van der Waals surface area contributed by atoms with Gasteiger partial charge in [-0.2, -0.15) is 0 Å². The van der Waals surface area contributed by atoms with Crippen LogP contribution in [0.4, 0.5) is 0 Å². The van der Waals surface area contributed by atoms with Gasteiger partial charge in [0, 0.05) is 12.2 Å². The van der Waals surface area contributed by atoms with E-state index < -0.39 is 5.97 Å². The molecule has 0 radical (unpaired) electrons. The first-order chi connectivity index (χ1) is 14.3. The normalized spacial score (nSPS) is 10.8. The minimum absolute atomic E-state index is 0.223. The van der Waals surface area contributed by atoms with Gasteiger partial charge in [-0.25, -0.2) is 4.79 Å². The highest BCUT2D eigenvalue weighted by Gasteiger charge is 2.23. The van der Waals surface area contributed by atoms with Crippen molar-refractivity contribution in [1.29, 1.82) is 0 Å². The van der Waals surface area contributed by atoms with E-state index in [9.17, 15) is 9.59 Å². The molecule has 0 aliphatic heterocycles. The van der Waals surface area contributed by atoms with Crippen molar-refractivity contribution < 1.29 is 23.8 Å². The number of hydrogen-bond acceptors (Lipinski definition) is 5. The van der Waals surface area contributed by atoms with Gasteiger partial charge in [-0.15, -0.1) is 0 Å². The Morgan fingerprint density at radius 2 is 1.73 bits per heavy atom. The van der Waals surface area contributed by atoms with Crippen LogP contribution in [-0.2, 0) is 11.2 Å². The Bertz CT molecular complexity index is 886. The Hall–Kier alpha value is -2.96. The summed E-state index contributed by atoms with van der Waals surface area (Å²) in [5.41, 5.74) is 3.04. The molecule has 0 atom stereocenters. The van der Waals surface area contributed by atoms with Crippen LogP contribution in [0.3, 0.4) is 0 Å². The topological polar surface area (TPSA) is 89.7 Å². The van der Waals surface area contributed by atoms with E-state index in [1.54, 1.807) is 27.7 Å². The van der Waals surface area contributed by atoms with Crippen molar-refractivity contribution in [3.8, 4) is 11.5 Å². The summed E-state index contributed by atoms with van der Waals surface area (Å²) in [6.07, 6.45) is 0.415. The highest BCUT2D eigenvalue weighted by Crippen LogP contribution is 2.28. The van der Waals surface area contributed by atoms with Crippen LogP contribution in [0.25, 0.3) is 0 Å². The summed E-state index contributed by atoms with van der Waals surface area (Å²) in [5, 5.41) is 2.91. The maximum Gasteiger partial charge on any atom is 0.340 e. The second-order valence-corrected chi connectivity index (χ2v) is 7.23. The SMILES string of the molecule is CCOc1ccc(CCNC(=O)c2[nH]c(C)c(C(=O)OC(C)C)c2C)cc1OCC. The van der Waals surface area contributed by atoms with Crippen molar-refractivity contribution in [2.24, 2.45) is 0 Å². The smallest absolute Gasteiger partial charge is 0.340 e. The fraction of sp³-hybridized carbons (Fsp3) is 0.478. The molecule has 30 heavy (non-hydrogen) atoms. The van der Waals surface area contributed by atoms with Gasteiger partial charge in [-0.1, -0.05) is 6.07 Å². The van der Waals surface area contributed by atoms with Gasteiger partial charge in [-0.3, -0.25) is 4.79 Å². The number of H-pyrrole nitrogens is 1. The van der Waals surface area contributed by atoms with Gasteiger partial charge in [0.1, 0.15) is 5.69 Å². The van der Waals surface area contributed by atoms with Crippen LogP contribution < -0.4 is 14.8 Å². The van der Waals surface area contributed by atoms with Crippen molar-refractivity contribution in [3.05, 3.63) is 46.3 Å². The fourth-order valence-corrected chi connectivity index (χ4v) is 3.22. The van der Waals surface area contributed by atoms with Crippen LogP contribution in [0.1, 0.15) is 65.4 Å². The molecule has 2 N–H and O–H groups in total. The van der Waals surface area contributed by atoms with Crippen LogP contribution >= 0.6 is 0 Å². The molecule has 0 unspecified atom stereocenters. The van der Waals surface area contributed by atoms with E-state index in [0.29, 0.717) is 60.2 Å². The first kappa shape index (κ1) is 23.3. The van der Waals surface area contributed by atoms with Crippen LogP contribution in [0.5, 0.6) is 11.5 Å². The molecule has 0 bridgehead atoms. The molecule has 0 saturated carbocycles. The van der Waals surface area contributed by atoms with E-state index in [4.69, 9.17) is 14.2 Å². The molecule has 1 aromatic heterocycles. The molecule has 0 aliphatic carbocycles. The van der Waals surface area contributed by atoms with Crippen molar-refractivity contribution in [1.82, 2.24) is 10.3 Å². The van der Waals surface area contributed by atoms with Gasteiger partial charge in [-0.05, 0) is 71.2 Å². The number of nitrogens with one attached hydrogen (secondary N) is 2. The molecule has 2 aromatic rings. The quantitative estimate of drug-likeness (QED) is 0.572. The molecular formula is C23H32N2O5. The number of carbonyl (C=O) groups excluding carboxylic acids is 2. The molecule has 1 heterocycles. The van der Waals surface area contributed by atoms with E-state index in [1.807, 2.05) is 32.0 Å². The summed E-state index contributed by atoms with van der Waals surface area (Å²) in [5.74, 6) is 0.737. The van der Waals surface area contributed by atoms with E-state index >= 15 is 0 Å². The zero-order chi connectivity index (χ0) is 22.3.